The van der Waals surface area contributed by atoms with Crippen molar-refractivity contribution < 1.29 is 8.42 Å². The first-order valence-corrected chi connectivity index (χ1v) is 6.74. The highest BCUT2D eigenvalue weighted by molar-refractivity contribution is 7.92. The van der Waals surface area contributed by atoms with Crippen LogP contribution in [-0.4, -0.2) is 13.7 Å². The van der Waals surface area contributed by atoms with Crippen molar-refractivity contribution in [3.8, 4) is 0 Å². The molecule has 0 amide bonds. The maximum Gasteiger partial charge on any atom is 0.180 e. The molecule has 1 atom stereocenters. The molecule has 0 radical (unpaired) electrons. The molecule has 15 heavy (non-hydrogen) atoms. The lowest BCUT2D eigenvalue weighted by Crippen LogP contribution is -2.17. The molecule has 0 fully saturated rings. The highest BCUT2D eigenvalue weighted by atomic mass is 32.2. The van der Waals surface area contributed by atoms with E-state index in [1.807, 2.05) is 26.8 Å². The van der Waals surface area contributed by atoms with Gasteiger partial charge in [-0.1, -0.05) is 13.0 Å². The fourth-order valence-electron chi connectivity index (χ4n) is 1.55. The van der Waals surface area contributed by atoms with Crippen LogP contribution in [0.1, 0.15) is 31.4 Å². The van der Waals surface area contributed by atoms with Crippen LogP contribution in [0.15, 0.2) is 23.1 Å². The third-order valence-corrected chi connectivity index (χ3v) is 4.91. The molecule has 0 saturated carbocycles. The standard InChI is InChI=1S/C12H18O2S/c1-5-11(4)15(13,14)12-7-9(2)6-10(3)8-12/h6-8,11H,5H2,1-4H3. The predicted octanol–water partition coefficient (Wildman–Crippen LogP) is 2.88. The van der Waals surface area contributed by atoms with Crippen LogP contribution in [0.5, 0.6) is 0 Å². The first-order chi connectivity index (χ1) is 6.87. The topological polar surface area (TPSA) is 34.1 Å². The third-order valence-electron chi connectivity index (χ3n) is 2.63. The van der Waals surface area contributed by atoms with E-state index in [0.29, 0.717) is 11.3 Å². The number of benzene rings is 1. The number of hydrogen-bond donors (Lipinski definition) is 0. The maximum atomic E-state index is 12.1. The maximum absolute atomic E-state index is 12.1. The van der Waals surface area contributed by atoms with Gasteiger partial charge in [-0.05, 0) is 50.5 Å². The van der Waals surface area contributed by atoms with Crippen molar-refractivity contribution in [2.45, 2.75) is 44.3 Å². The lowest BCUT2D eigenvalue weighted by atomic mass is 10.2. The van der Waals surface area contributed by atoms with Crippen LogP contribution in [0.3, 0.4) is 0 Å². The zero-order valence-corrected chi connectivity index (χ0v) is 10.6. The van der Waals surface area contributed by atoms with E-state index < -0.39 is 9.84 Å². The van der Waals surface area contributed by atoms with E-state index in [4.69, 9.17) is 0 Å². The van der Waals surface area contributed by atoms with Gasteiger partial charge in [0.2, 0.25) is 0 Å². The van der Waals surface area contributed by atoms with E-state index in [2.05, 4.69) is 0 Å². The van der Waals surface area contributed by atoms with Gasteiger partial charge < -0.3 is 0 Å². The molecule has 0 heterocycles. The lowest BCUT2D eigenvalue weighted by Gasteiger charge is -2.11. The van der Waals surface area contributed by atoms with E-state index in [1.165, 1.54) is 0 Å². The molecular formula is C12H18O2S. The van der Waals surface area contributed by atoms with Gasteiger partial charge in [0.1, 0.15) is 0 Å². The van der Waals surface area contributed by atoms with Gasteiger partial charge in [-0.2, -0.15) is 0 Å². The summed E-state index contributed by atoms with van der Waals surface area (Å²) in [6.07, 6.45) is 0.648. The molecule has 0 aliphatic heterocycles. The summed E-state index contributed by atoms with van der Waals surface area (Å²) in [7, 11) is -3.13. The summed E-state index contributed by atoms with van der Waals surface area (Å²) in [5.41, 5.74) is 1.99. The van der Waals surface area contributed by atoms with Crippen molar-refractivity contribution in [1.82, 2.24) is 0 Å². The first kappa shape index (κ1) is 12.2. The summed E-state index contributed by atoms with van der Waals surface area (Å²) >= 11 is 0. The van der Waals surface area contributed by atoms with Gasteiger partial charge in [0.25, 0.3) is 0 Å². The second kappa shape index (κ2) is 4.35. The Hall–Kier alpha value is -0.830. The van der Waals surface area contributed by atoms with Crippen molar-refractivity contribution in [3.05, 3.63) is 29.3 Å². The molecule has 1 unspecified atom stereocenters. The second-order valence-corrected chi connectivity index (χ2v) is 6.45. The number of sulfone groups is 1. The van der Waals surface area contributed by atoms with Crippen LogP contribution >= 0.6 is 0 Å². The Kier molecular flexibility index (Phi) is 3.55. The second-order valence-electron chi connectivity index (χ2n) is 4.09. The Labute approximate surface area is 92.2 Å². The lowest BCUT2D eigenvalue weighted by molar-refractivity contribution is 0.581. The summed E-state index contributed by atoms with van der Waals surface area (Å²) in [6.45, 7) is 7.49. The Morgan fingerprint density at radius 1 is 1.13 bits per heavy atom. The van der Waals surface area contributed by atoms with Gasteiger partial charge >= 0.3 is 0 Å². The Balaban J connectivity index is 3.27. The van der Waals surface area contributed by atoms with Crippen LogP contribution in [0.2, 0.25) is 0 Å². The summed E-state index contributed by atoms with van der Waals surface area (Å²) in [5, 5.41) is -0.307. The van der Waals surface area contributed by atoms with Crippen LogP contribution in [0, 0.1) is 13.8 Å². The molecular weight excluding hydrogens is 208 g/mol. The van der Waals surface area contributed by atoms with E-state index in [0.717, 1.165) is 11.1 Å². The van der Waals surface area contributed by atoms with Gasteiger partial charge in [0.05, 0.1) is 10.1 Å². The average Bonchev–Trinajstić information content (AvgIpc) is 2.15. The summed E-state index contributed by atoms with van der Waals surface area (Å²) in [6, 6.07) is 5.47. The smallest absolute Gasteiger partial charge is 0.180 e. The van der Waals surface area contributed by atoms with Crippen molar-refractivity contribution in [3.63, 3.8) is 0 Å². The van der Waals surface area contributed by atoms with Crippen LogP contribution in [0.4, 0.5) is 0 Å². The molecule has 1 aromatic rings. The molecule has 0 N–H and O–H groups in total. The molecule has 0 aromatic heterocycles. The summed E-state index contributed by atoms with van der Waals surface area (Å²) in [5.74, 6) is 0. The predicted molar refractivity (Wildman–Crippen MR) is 62.9 cm³/mol. The van der Waals surface area contributed by atoms with Crippen molar-refractivity contribution >= 4 is 9.84 Å². The molecule has 0 spiro atoms. The van der Waals surface area contributed by atoms with Crippen molar-refractivity contribution in [2.75, 3.05) is 0 Å². The highest BCUT2D eigenvalue weighted by Gasteiger charge is 2.21. The summed E-state index contributed by atoms with van der Waals surface area (Å²) in [4.78, 5) is 0.453. The van der Waals surface area contributed by atoms with Crippen LogP contribution in [-0.2, 0) is 9.84 Å². The largest absolute Gasteiger partial charge is 0.223 e. The average molecular weight is 226 g/mol. The molecule has 1 rings (SSSR count). The van der Waals surface area contributed by atoms with Crippen LogP contribution in [0.25, 0.3) is 0 Å². The van der Waals surface area contributed by atoms with Gasteiger partial charge in [0.15, 0.2) is 9.84 Å². The fraction of sp³-hybridized carbons (Fsp3) is 0.500. The minimum absolute atomic E-state index is 0.307. The zero-order chi connectivity index (χ0) is 11.6. The zero-order valence-electron chi connectivity index (χ0n) is 9.74. The minimum Gasteiger partial charge on any atom is -0.223 e. The monoisotopic (exact) mass is 226 g/mol. The van der Waals surface area contributed by atoms with E-state index >= 15 is 0 Å². The number of hydrogen-bond acceptors (Lipinski definition) is 2. The van der Waals surface area contributed by atoms with Gasteiger partial charge in [-0.15, -0.1) is 0 Å². The molecule has 0 aliphatic rings. The first-order valence-electron chi connectivity index (χ1n) is 5.20. The van der Waals surface area contributed by atoms with Gasteiger partial charge in [0, 0.05) is 0 Å². The highest BCUT2D eigenvalue weighted by Crippen LogP contribution is 2.20. The molecule has 3 heteroatoms. The van der Waals surface area contributed by atoms with E-state index in [-0.39, 0.29) is 5.25 Å². The molecule has 2 nitrogen and oxygen atoms in total. The Bertz CT molecular complexity index is 426. The van der Waals surface area contributed by atoms with Gasteiger partial charge in [-0.25, -0.2) is 8.42 Å². The molecule has 0 bridgehead atoms. The third kappa shape index (κ3) is 2.59. The van der Waals surface area contributed by atoms with E-state index in [1.54, 1.807) is 19.1 Å². The Morgan fingerprint density at radius 2 is 1.60 bits per heavy atom. The fourth-order valence-corrected chi connectivity index (χ4v) is 3.15. The molecule has 0 saturated heterocycles. The normalized spacial score (nSPS) is 13.9. The quantitative estimate of drug-likeness (QED) is 0.794. The van der Waals surface area contributed by atoms with Crippen LogP contribution < -0.4 is 0 Å². The number of aryl methyl sites for hydroxylation is 2. The van der Waals surface area contributed by atoms with Gasteiger partial charge in [-0.3, -0.25) is 0 Å². The SMILES string of the molecule is CCC(C)S(=O)(=O)c1cc(C)cc(C)c1. The minimum atomic E-state index is -3.13. The van der Waals surface area contributed by atoms with Crippen molar-refractivity contribution in [1.29, 1.82) is 0 Å². The molecule has 1 aromatic carbocycles. The van der Waals surface area contributed by atoms with Crippen molar-refractivity contribution in [2.24, 2.45) is 0 Å². The Morgan fingerprint density at radius 3 is 2.00 bits per heavy atom. The van der Waals surface area contributed by atoms with E-state index in [9.17, 15) is 8.42 Å². The molecule has 0 aliphatic carbocycles. The number of rotatable bonds is 3. The molecule has 84 valence electrons. The summed E-state index contributed by atoms with van der Waals surface area (Å²) < 4.78 is 24.1.